The molecule has 0 radical (unpaired) electrons. The Hall–Kier alpha value is -0.820. The molecule has 1 rings (SSSR count). The molecule has 0 amide bonds. The van der Waals surface area contributed by atoms with E-state index in [9.17, 15) is 0 Å². The topological polar surface area (TPSA) is 24.1 Å². The highest BCUT2D eigenvalue weighted by Gasteiger charge is 1.97. The molecule has 76 valence electrons. The first-order valence-electron chi connectivity index (χ1n) is 4.72. The van der Waals surface area contributed by atoms with Crippen molar-refractivity contribution in [3.05, 3.63) is 21.9 Å². The highest BCUT2D eigenvalue weighted by Crippen LogP contribution is 2.14. The summed E-state index contributed by atoms with van der Waals surface area (Å²) in [5.41, 5.74) is 1.37. The molecule has 0 atom stereocenters. The van der Waals surface area contributed by atoms with Crippen molar-refractivity contribution in [3.8, 4) is 12.3 Å². The molecule has 1 aromatic rings. The molecule has 3 heteroatoms. The SMILES string of the molecule is C#CCNCCNCc1sccc1C. The Morgan fingerprint density at radius 3 is 2.86 bits per heavy atom. The van der Waals surface area contributed by atoms with Gasteiger partial charge in [-0.25, -0.2) is 0 Å². The molecule has 0 aliphatic heterocycles. The van der Waals surface area contributed by atoms with Crippen molar-refractivity contribution in [2.45, 2.75) is 13.5 Å². The highest BCUT2D eigenvalue weighted by atomic mass is 32.1. The number of thiophene rings is 1. The second kappa shape index (κ2) is 6.61. The van der Waals surface area contributed by atoms with Gasteiger partial charge in [0.15, 0.2) is 0 Å². The van der Waals surface area contributed by atoms with Gasteiger partial charge < -0.3 is 10.6 Å². The Labute approximate surface area is 89.7 Å². The standard InChI is InChI=1S/C11H16N2S/c1-3-5-12-6-7-13-9-11-10(2)4-8-14-11/h1,4,8,12-13H,5-7,9H2,2H3. The normalized spacial score (nSPS) is 10.0. The summed E-state index contributed by atoms with van der Waals surface area (Å²) in [7, 11) is 0. The summed E-state index contributed by atoms with van der Waals surface area (Å²) in [5.74, 6) is 2.54. The van der Waals surface area contributed by atoms with Crippen LogP contribution in [-0.2, 0) is 6.54 Å². The Morgan fingerprint density at radius 2 is 2.21 bits per heavy atom. The molecule has 2 N–H and O–H groups in total. The van der Waals surface area contributed by atoms with Crippen molar-refractivity contribution in [1.82, 2.24) is 10.6 Å². The predicted molar refractivity (Wildman–Crippen MR) is 62.5 cm³/mol. The lowest BCUT2D eigenvalue weighted by Crippen LogP contribution is -2.27. The lowest BCUT2D eigenvalue weighted by Gasteiger charge is -2.03. The van der Waals surface area contributed by atoms with Crippen molar-refractivity contribution in [1.29, 1.82) is 0 Å². The zero-order valence-corrected chi connectivity index (χ0v) is 9.29. The van der Waals surface area contributed by atoms with Gasteiger partial charge in [0, 0.05) is 24.5 Å². The van der Waals surface area contributed by atoms with Gasteiger partial charge in [-0.3, -0.25) is 0 Å². The smallest absolute Gasteiger partial charge is 0.0574 e. The lowest BCUT2D eigenvalue weighted by atomic mass is 10.3. The van der Waals surface area contributed by atoms with Crippen LogP contribution in [0.3, 0.4) is 0 Å². The lowest BCUT2D eigenvalue weighted by molar-refractivity contribution is 0.641. The second-order valence-electron chi connectivity index (χ2n) is 3.08. The molecule has 0 fully saturated rings. The van der Waals surface area contributed by atoms with E-state index < -0.39 is 0 Å². The van der Waals surface area contributed by atoms with E-state index in [4.69, 9.17) is 6.42 Å². The van der Waals surface area contributed by atoms with Crippen LogP contribution in [0, 0.1) is 19.3 Å². The predicted octanol–water partition coefficient (Wildman–Crippen LogP) is 1.37. The summed E-state index contributed by atoms with van der Waals surface area (Å²) in [6.07, 6.45) is 5.11. The van der Waals surface area contributed by atoms with E-state index in [1.807, 2.05) is 0 Å². The zero-order valence-electron chi connectivity index (χ0n) is 8.47. The average Bonchev–Trinajstić information content (AvgIpc) is 2.58. The maximum absolute atomic E-state index is 5.11. The van der Waals surface area contributed by atoms with E-state index in [-0.39, 0.29) is 0 Å². The number of hydrogen-bond acceptors (Lipinski definition) is 3. The molecule has 0 saturated carbocycles. The van der Waals surface area contributed by atoms with E-state index in [2.05, 4.69) is 34.9 Å². The number of rotatable bonds is 6. The molecule has 0 unspecified atom stereocenters. The van der Waals surface area contributed by atoms with Gasteiger partial charge in [-0.1, -0.05) is 5.92 Å². The summed E-state index contributed by atoms with van der Waals surface area (Å²) >= 11 is 1.80. The van der Waals surface area contributed by atoms with Gasteiger partial charge in [0.2, 0.25) is 0 Å². The molecule has 0 bridgehead atoms. The van der Waals surface area contributed by atoms with Gasteiger partial charge in [-0.05, 0) is 23.9 Å². The summed E-state index contributed by atoms with van der Waals surface area (Å²) in [6.45, 7) is 5.64. The molecular formula is C11H16N2S. The van der Waals surface area contributed by atoms with Gasteiger partial charge in [-0.2, -0.15) is 0 Å². The molecule has 0 saturated heterocycles. The quantitative estimate of drug-likeness (QED) is 0.545. The van der Waals surface area contributed by atoms with Crippen molar-refractivity contribution in [2.24, 2.45) is 0 Å². The molecule has 14 heavy (non-hydrogen) atoms. The van der Waals surface area contributed by atoms with Crippen LogP contribution in [0.25, 0.3) is 0 Å². The van der Waals surface area contributed by atoms with Crippen molar-refractivity contribution in [2.75, 3.05) is 19.6 Å². The molecule has 0 aromatic carbocycles. The molecular weight excluding hydrogens is 192 g/mol. The molecule has 0 aliphatic rings. The van der Waals surface area contributed by atoms with Gasteiger partial charge in [0.25, 0.3) is 0 Å². The fourth-order valence-electron chi connectivity index (χ4n) is 1.12. The number of aryl methyl sites for hydroxylation is 1. The van der Waals surface area contributed by atoms with Crippen LogP contribution in [0.5, 0.6) is 0 Å². The van der Waals surface area contributed by atoms with E-state index in [0.717, 1.165) is 19.6 Å². The minimum Gasteiger partial charge on any atom is -0.311 e. The first kappa shape index (κ1) is 11.3. The van der Waals surface area contributed by atoms with Crippen molar-refractivity contribution < 1.29 is 0 Å². The summed E-state index contributed by atoms with van der Waals surface area (Å²) in [4.78, 5) is 1.42. The van der Waals surface area contributed by atoms with Gasteiger partial charge in [0.05, 0.1) is 6.54 Å². The Bertz CT molecular complexity index is 298. The van der Waals surface area contributed by atoms with E-state index >= 15 is 0 Å². The summed E-state index contributed by atoms with van der Waals surface area (Å²) in [6, 6.07) is 2.15. The number of hydrogen-bond donors (Lipinski definition) is 2. The maximum Gasteiger partial charge on any atom is 0.0574 e. The molecule has 0 aliphatic carbocycles. The largest absolute Gasteiger partial charge is 0.311 e. The Balaban J connectivity index is 2.05. The van der Waals surface area contributed by atoms with Gasteiger partial charge >= 0.3 is 0 Å². The molecule has 1 heterocycles. The highest BCUT2D eigenvalue weighted by molar-refractivity contribution is 7.10. The van der Waals surface area contributed by atoms with Gasteiger partial charge in [0.1, 0.15) is 0 Å². The molecule has 0 spiro atoms. The third-order valence-corrected chi connectivity index (χ3v) is 2.98. The van der Waals surface area contributed by atoms with E-state index in [0.29, 0.717) is 6.54 Å². The fourth-order valence-corrected chi connectivity index (χ4v) is 2.00. The fraction of sp³-hybridized carbons (Fsp3) is 0.455. The first-order chi connectivity index (χ1) is 6.84. The minimum atomic E-state index is 0.652. The monoisotopic (exact) mass is 208 g/mol. The first-order valence-corrected chi connectivity index (χ1v) is 5.60. The van der Waals surface area contributed by atoms with Gasteiger partial charge in [-0.15, -0.1) is 17.8 Å². The van der Waals surface area contributed by atoms with Crippen LogP contribution in [0.15, 0.2) is 11.4 Å². The van der Waals surface area contributed by atoms with Crippen LogP contribution in [0.1, 0.15) is 10.4 Å². The van der Waals surface area contributed by atoms with Crippen molar-refractivity contribution >= 4 is 11.3 Å². The zero-order chi connectivity index (χ0) is 10.2. The number of terminal acetylenes is 1. The van der Waals surface area contributed by atoms with Crippen LogP contribution in [0.4, 0.5) is 0 Å². The van der Waals surface area contributed by atoms with E-state index in [1.54, 1.807) is 11.3 Å². The Morgan fingerprint density at radius 1 is 1.43 bits per heavy atom. The van der Waals surface area contributed by atoms with E-state index in [1.165, 1.54) is 10.4 Å². The summed E-state index contributed by atoms with van der Waals surface area (Å²) in [5, 5.41) is 8.63. The summed E-state index contributed by atoms with van der Waals surface area (Å²) < 4.78 is 0. The molecule has 2 nitrogen and oxygen atoms in total. The molecule has 1 aromatic heterocycles. The Kier molecular flexibility index (Phi) is 5.31. The third-order valence-electron chi connectivity index (χ3n) is 1.96. The second-order valence-corrected chi connectivity index (χ2v) is 4.09. The average molecular weight is 208 g/mol. The van der Waals surface area contributed by atoms with Crippen LogP contribution >= 0.6 is 11.3 Å². The minimum absolute atomic E-state index is 0.652. The maximum atomic E-state index is 5.11. The van der Waals surface area contributed by atoms with Crippen LogP contribution < -0.4 is 10.6 Å². The van der Waals surface area contributed by atoms with Crippen LogP contribution in [0.2, 0.25) is 0 Å². The number of nitrogens with one attached hydrogen (secondary N) is 2. The third kappa shape index (κ3) is 3.93. The van der Waals surface area contributed by atoms with Crippen LogP contribution in [-0.4, -0.2) is 19.6 Å². The van der Waals surface area contributed by atoms with Crippen molar-refractivity contribution in [3.63, 3.8) is 0 Å².